The lowest BCUT2D eigenvalue weighted by Gasteiger charge is -2.08. The molecule has 5 nitrogen and oxygen atoms in total. The van der Waals surface area contributed by atoms with E-state index in [2.05, 4.69) is 5.32 Å². The molecule has 1 amide bonds. The van der Waals surface area contributed by atoms with Crippen molar-refractivity contribution in [3.63, 3.8) is 0 Å². The number of primary sulfonamides is 1. The van der Waals surface area contributed by atoms with Crippen LogP contribution in [0.25, 0.3) is 0 Å². The van der Waals surface area contributed by atoms with Crippen molar-refractivity contribution in [1.29, 1.82) is 0 Å². The highest BCUT2D eigenvalue weighted by atomic mass is 32.2. The minimum atomic E-state index is -4.03. The number of carbonyl (C=O) groups is 1. The van der Waals surface area contributed by atoms with E-state index >= 15 is 0 Å². The summed E-state index contributed by atoms with van der Waals surface area (Å²) in [6.07, 6.45) is 1.26. The number of hydrogen-bond donors (Lipinski definition) is 2. The second-order valence-corrected chi connectivity index (χ2v) is 5.43. The first-order chi connectivity index (χ1) is 8.20. The molecule has 1 aromatic carbocycles. The summed E-state index contributed by atoms with van der Waals surface area (Å²) in [7, 11) is -4.03. The summed E-state index contributed by atoms with van der Waals surface area (Å²) < 4.78 is 35.6. The van der Waals surface area contributed by atoms with Crippen molar-refractivity contribution in [3.05, 3.63) is 35.7 Å². The molecule has 1 rings (SSSR count). The van der Waals surface area contributed by atoms with Gasteiger partial charge in [-0.05, 0) is 32.0 Å². The van der Waals surface area contributed by atoms with Crippen LogP contribution in [0.2, 0.25) is 0 Å². The first-order valence-corrected chi connectivity index (χ1v) is 6.53. The minimum Gasteiger partial charge on any atom is -0.321 e. The molecule has 0 spiro atoms. The predicted molar refractivity (Wildman–Crippen MR) is 65.8 cm³/mol. The highest BCUT2D eigenvalue weighted by Gasteiger charge is 2.15. The molecule has 3 N–H and O–H groups in total. The average Bonchev–Trinajstić information content (AvgIpc) is 2.13. The van der Waals surface area contributed by atoms with E-state index in [-0.39, 0.29) is 10.6 Å². The first kappa shape index (κ1) is 14.3. The molecule has 18 heavy (non-hydrogen) atoms. The van der Waals surface area contributed by atoms with Gasteiger partial charge in [0.25, 0.3) is 0 Å². The molecule has 0 saturated carbocycles. The van der Waals surface area contributed by atoms with E-state index in [9.17, 15) is 17.6 Å². The summed E-state index contributed by atoms with van der Waals surface area (Å²) >= 11 is 0. The number of carbonyl (C=O) groups excluding carboxylic acids is 1. The molecule has 98 valence electrons. The number of rotatable bonds is 3. The maximum Gasteiger partial charge on any atom is 0.248 e. The molecule has 0 aliphatic carbocycles. The minimum absolute atomic E-state index is 0.181. The van der Waals surface area contributed by atoms with Gasteiger partial charge < -0.3 is 5.32 Å². The molecular formula is C11H13FN2O3S. The third kappa shape index (κ3) is 3.94. The Labute approximate surface area is 105 Å². The van der Waals surface area contributed by atoms with Crippen LogP contribution < -0.4 is 10.5 Å². The summed E-state index contributed by atoms with van der Waals surface area (Å²) in [5.41, 5.74) is 0.543. The van der Waals surface area contributed by atoms with E-state index in [0.29, 0.717) is 0 Å². The standard InChI is InChI=1S/C11H13FN2O3S/c1-7(2)5-11(15)14-9-6-8(12)3-4-10(9)18(13,16)17/h3-6H,1-2H3,(H,14,15)(H2,13,16,17). The fourth-order valence-corrected chi connectivity index (χ4v) is 1.95. The van der Waals surface area contributed by atoms with E-state index in [4.69, 9.17) is 5.14 Å². The summed E-state index contributed by atoms with van der Waals surface area (Å²) in [5.74, 6) is -1.22. The Morgan fingerprint density at radius 2 is 2.00 bits per heavy atom. The number of halogens is 1. The van der Waals surface area contributed by atoms with Crippen molar-refractivity contribution >= 4 is 21.6 Å². The Kier molecular flexibility index (Phi) is 4.20. The van der Waals surface area contributed by atoms with Gasteiger partial charge in [0, 0.05) is 6.08 Å². The molecule has 0 atom stereocenters. The molecule has 0 radical (unpaired) electrons. The normalized spacial score (nSPS) is 10.9. The van der Waals surface area contributed by atoms with Crippen LogP contribution in [0.3, 0.4) is 0 Å². The van der Waals surface area contributed by atoms with Gasteiger partial charge >= 0.3 is 0 Å². The van der Waals surface area contributed by atoms with Crippen LogP contribution in [0.4, 0.5) is 10.1 Å². The Balaban J connectivity index is 3.19. The van der Waals surface area contributed by atoms with E-state index in [1.165, 1.54) is 6.08 Å². The van der Waals surface area contributed by atoms with E-state index < -0.39 is 21.7 Å². The summed E-state index contributed by atoms with van der Waals surface area (Å²) in [4.78, 5) is 11.1. The van der Waals surface area contributed by atoms with Crippen molar-refractivity contribution in [1.82, 2.24) is 0 Å². The van der Waals surface area contributed by atoms with Crippen molar-refractivity contribution in [2.24, 2.45) is 5.14 Å². The Morgan fingerprint density at radius 3 is 2.50 bits per heavy atom. The van der Waals surface area contributed by atoms with E-state index in [1.807, 2.05) is 0 Å². The monoisotopic (exact) mass is 272 g/mol. The molecule has 0 unspecified atom stereocenters. The van der Waals surface area contributed by atoms with Gasteiger partial charge in [0.05, 0.1) is 5.69 Å². The molecule has 0 saturated heterocycles. The van der Waals surface area contributed by atoms with Crippen LogP contribution in [0, 0.1) is 5.82 Å². The van der Waals surface area contributed by atoms with Crippen LogP contribution >= 0.6 is 0 Å². The smallest absolute Gasteiger partial charge is 0.248 e. The fourth-order valence-electron chi connectivity index (χ4n) is 1.28. The molecule has 0 bridgehead atoms. The summed E-state index contributed by atoms with van der Waals surface area (Å²) in [6, 6.07) is 2.86. The molecule has 7 heteroatoms. The van der Waals surface area contributed by atoms with Gasteiger partial charge in [-0.25, -0.2) is 17.9 Å². The third-order valence-electron chi connectivity index (χ3n) is 1.93. The Bertz CT molecular complexity index is 605. The van der Waals surface area contributed by atoms with E-state index in [0.717, 1.165) is 23.8 Å². The molecule has 0 fully saturated rings. The number of hydrogen-bond acceptors (Lipinski definition) is 3. The lowest BCUT2D eigenvalue weighted by molar-refractivity contribution is -0.112. The van der Waals surface area contributed by atoms with Crippen LogP contribution in [-0.2, 0) is 14.8 Å². The van der Waals surface area contributed by atoms with E-state index in [1.54, 1.807) is 13.8 Å². The number of nitrogens with two attached hydrogens (primary N) is 1. The van der Waals surface area contributed by atoms with Crippen LogP contribution in [0.1, 0.15) is 13.8 Å². The van der Waals surface area contributed by atoms with Crippen molar-refractivity contribution in [3.8, 4) is 0 Å². The SMILES string of the molecule is CC(C)=CC(=O)Nc1cc(F)ccc1S(N)(=O)=O. The van der Waals surface area contributed by atoms with Crippen LogP contribution in [0.15, 0.2) is 34.7 Å². The second kappa shape index (κ2) is 5.28. The zero-order valence-corrected chi connectivity index (χ0v) is 10.7. The van der Waals surface area contributed by atoms with Crippen molar-refractivity contribution in [2.45, 2.75) is 18.7 Å². The lowest BCUT2D eigenvalue weighted by atomic mass is 10.3. The highest BCUT2D eigenvalue weighted by molar-refractivity contribution is 7.89. The topological polar surface area (TPSA) is 89.3 Å². The van der Waals surface area contributed by atoms with Crippen molar-refractivity contribution < 1.29 is 17.6 Å². The van der Waals surface area contributed by atoms with Gasteiger partial charge in [-0.2, -0.15) is 0 Å². The number of amides is 1. The maximum atomic E-state index is 13.0. The second-order valence-electron chi connectivity index (χ2n) is 3.90. The number of nitrogens with one attached hydrogen (secondary N) is 1. The molecular weight excluding hydrogens is 259 g/mol. The fraction of sp³-hybridized carbons (Fsp3) is 0.182. The average molecular weight is 272 g/mol. The predicted octanol–water partition coefficient (Wildman–Crippen LogP) is 1.38. The lowest BCUT2D eigenvalue weighted by Crippen LogP contribution is -2.17. The number of anilines is 1. The molecule has 0 aliphatic rings. The molecule has 0 heterocycles. The maximum absolute atomic E-state index is 13.0. The molecule has 0 aliphatic heterocycles. The molecule has 0 aromatic heterocycles. The zero-order valence-electron chi connectivity index (χ0n) is 9.90. The number of sulfonamides is 1. The van der Waals surface area contributed by atoms with Gasteiger partial charge in [-0.1, -0.05) is 5.57 Å². The Morgan fingerprint density at radius 1 is 1.39 bits per heavy atom. The quantitative estimate of drug-likeness (QED) is 0.814. The van der Waals surface area contributed by atoms with Crippen molar-refractivity contribution in [2.75, 3.05) is 5.32 Å². The first-order valence-electron chi connectivity index (χ1n) is 4.98. The van der Waals surface area contributed by atoms with Gasteiger partial charge in [0.15, 0.2) is 0 Å². The number of allylic oxidation sites excluding steroid dienone is 1. The van der Waals surface area contributed by atoms with Crippen LogP contribution in [0.5, 0.6) is 0 Å². The van der Waals surface area contributed by atoms with Crippen LogP contribution in [-0.4, -0.2) is 14.3 Å². The Hall–Kier alpha value is -1.73. The summed E-state index contributed by atoms with van der Waals surface area (Å²) in [6.45, 7) is 3.40. The molecule has 1 aromatic rings. The third-order valence-corrected chi connectivity index (χ3v) is 2.89. The zero-order chi connectivity index (χ0) is 13.9. The van der Waals surface area contributed by atoms with Gasteiger partial charge in [0.1, 0.15) is 10.7 Å². The largest absolute Gasteiger partial charge is 0.321 e. The van der Waals surface area contributed by atoms with Gasteiger partial charge in [-0.3, -0.25) is 4.79 Å². The highest BCUT2D eigenvalue weighted by Crippen LogP contribution is 2.21. The summed E-state index contributed by atoms with van der Waals surface area (Å²) in [5, 5.41) is 7.24. The van der Waals surface area contributed by atoms with Gasteiger partial charge in [0.2, 0.25) is 15.9 Å². The van der Waals surface area contributed by atoms with Gasteiger partial charge in [-0.15, -0.1) is 0 Å². The number of benzene rings is 1.